The highest BCUT2D eigenvalue weighted by atomic mass is 16.3. The van der Waals surface area contributed by atoms with Gasteiger partial charge in [0.2, 0.25) is 11.8 Å². The lowest BCUT2D eigenvalue weighted by molar-refractivity contribution is -0.125. The van der Waals surface area contributed by atoms with Crippen molar-refractivity contribution in [3.8, 4) is 0 Å². The summed E-state index contributed by atoms with van der Waals surface area (Å²) in [6.07, 6.45) is 2.95. The number of nitrogens with zero attached hydrogens (tertiary/aromatic N) is 1. The van der Waals surface area contributed by atoms with Crippen LogP contribution in [-0.2, 0) is 16.1 Å². The molecular formula is C20H23N3O4. The predicted octanol–water partition coefficient (Wildman–Crippen LogP) is 2.47. The summed E-state index contributed by atoms with van der Waals surface area (Å²) in [6.45, 7) is 4.11. The summed E-state index contributed by atoms with van der Waals surface area (Å²) in [4.78, 5) is 38.5. The molecule has 1 aromatic heterocycles. The molecule has 2 N–H and O–H groups in total. The molecule has 1 atom stereocenters. The molecule has 142 valence electrons. The number of aryl methyl sites for hydroxylation is 1. The zero-order valence-electron chi connectivity index (χ0n) is 15.5. The summed E-state index contributed by atoms with van der Waals surface area (Å²) in [5.41, 5.74) is 1.93. The number of amides is 3. The highest BCUT2D eigenvalue weighted by molar-refractivity contribution is 6.00. The molecule has 1 unspecified atom stereocenters. The van der Waals surface area contributed by atoms with Crippen molar-refractivity contribution in [2.75, 3.05) is 11.9 Å². The first-order valence-corrected chi connectivity index (χ1v) is 8.95. The number of carbonyl (C=O) groups is 3. The molecule has 1 aliphatic heterocycles. The van der Waals surface area contributed by atoms with E-state index in [0.717, 1.165) is 12.0 Å². The predicted molar refractivity (Wildman–Crippen MR) is 100 cm³/mol. The molecule has 1 saturated heterocycles. The van der Waals surface area contributed by atoms with Crippen molar-refractivity contribution in [2.24, 2.45) is 0 Å². The molecule has 7 heteroatoms. The summed E-state index contributed by atoms with van der Waals surface area (Å²) in [5, 5.41) is 5.56. The molecule has 2 aromatic rings. The number of furan rings is 1. The van der Waals surface area contributed by atoms with Crippen molar-refractivity contribution in [3.63, 3.8) is 0 Å². The van der Waals surface area contributed by atoms with Crippen molar-refractivity contribution in [1.29, 1.82) is 0 Å². The molecule has 1 aromatic carbocycles. The first-order chi connectivity index (χ1) is 13.0. The van der Waals surface area contributed by atoms with Gasteiger partial charge >= 0.3 is 0 Å². The zero-order chi connectivity index (χ0) is 19.4. The molecule has 1 aliphatic rings. The van der Waals surface area contributed by atoms with Crippen LogP contribution in [0, 0.1) is 6.92 Å². The summed E-state index contributed by atoms with van der Waals surface area (Å²) < 4.78 is 5.22. The minimum Gasteiger partial charge on any atom is -0.467 e. The second-order valence-electron chi connectivity index (χ2n) is 6.66. The van der Waals surface area contributed by atoms with E-state index >= 15 is 0 Å². The van der Waals surface area contributed by atoms with Crippen molar-refractivity contribution < 1.29 is 18.8 Å². The van der Waals surface area contributed by atoms with E-state index < -0.39 is 6.04 Å². The molecule has 7 nitrogen and oxygen atoms in total. The van der Waals surface area contributed by atoms with Crippen LogP contribution in [0.2, 0.25) is 0 Å². The first-order valence-electron chi connectivity index (χ1n) is 8.95. The third-order valence-electron chi connectivity index (χ3n) is 4.63. The SMILES string of the molecule is CC(=O)Nc1cc(C(=O)N2CCCC2C(=O)NCc2ccco2)ccc1C. The number of anilines is 1. The average molecular weight is 369 g/mol. The third-order valence-corrected chi connectivity index (χ3v) is 4.63. The molecule has 27 heavy (non-hydrogen) atoms. The molecular weight excluding hydrogens is 346 g/mol. The minimum atomic E-state index is -0.502. The van der Waals surface area contributed by atoms with Gasteiger partial charge in [-0.05, 0) is 49.6 Å². The van der Waals surface area contributed by atoms with Crippen LogP contribution in [0.5, 0.6) is 0 Å². The van der Waals surface area contributed by atoms with E-state index in [0.29, 0.717) is 36.5 Å². The number of hydrogen-bond donors (Lipinski definition) is 2. The van der Waals surface area contributed by atoms with E-state index in [1.54, 1.807) is 41.5 Å². The van der Waals surface area contributed by atoms with Gasteiger partial charge < -0.3 is 20.0 Å². The van der Waals surface area contributed by atoms with Gasteiger partial charge in [-0.1, -0.05) is 6.07 Å². The van der Waals surface area contributed by atoms with Gasteiger partial charge in [-0.15, -0.1) is 0 Å². The Kier molecular flexibility index (Phi) is 5.59. The van der Waals surface area contributed by atoms with Crippen molar-refractivity contribution in [1.82, 2.24) is 10.2 Å². The molecule has 0 radical (unpaired) electrons. The van der Waals surface area contributed by atoms with Crippen molar-refractivity contribution in [3.05, 3.63) is 53.5 Å². The van der Waals surface area contributed by atoms with Gasteiger partial charge in [0, 0.05) is 24.7 Å². The standard InChI is InChI=1S/C20H23N3O4/c1-13-7-8-15(11-17(13)22-14(2)24)20(26)23-9-3-6-18(23)19(25)21-12-16-5-4-10-27-16/h4-5,7-8,10-11,18H,3,6,9,12H2,1-2H3,(H,21,25)(H,22,24). The number of rotatable bonds is 5. The summed E-state index contributed by atoms with van der Waals surface area (Å²) in [7, 11) is 0. The van der Waals surface area contributed by atoms with E-state index in [9.17, 15) is 14.4 Å². The van der Waals surface area contributed by atoms with E-state index in [4.69, 9.17) is 4.42 Å². The molecule has 0 aliphatic carbocycles. The lowest BCUT2D eigenvalue weighted by Crippen LogP contribution is -2.45. The number of carbonyl (C=O) groups excluding carboxylic acids is 3. The van der Waals surface area contributed by atoms with Crippen LogP contribution in [0.4, 0.5) is 5.69 Å². The fourth-order valence-corrected chi connectivity index (χ4v) is 3.23. The molecule has 0 spiro atoms. The van der Waals surface area contributed by atoms with Crippen molar-refractivity contribution in [2.45, 2.75) is 39.3 Å². The van der Waals surface area contributed by atoms with Gasteiger partial charge in [0.05, 0.1) is 12.8 Å². The maximum atomic E-state index is 13.0. The quantitative estimate of drug-likeness (QED) is 0.847. The monoisotopic (exact) mass is 369 g/mol. The Labute approximate surface area is 157 Å². The highest BCUT2D eigenvalue weighted by Gasteiger charge is 2.34. The summed E-state index contributed by atoms with van der Waals surface area (Å²) in [5.74, 6) is 0.0699. The molecule has 1 fully saturated rings. The van der Waals surface area contributed by atoms with E-state index in [-0.39, 0.29) is 17.7 Å². The largest absolute Gasteiger partial charge is 0.467 e. The third kappa shape index (κ3) is 4.36. The van der Waals surface area contributed by atoms with Gasteiger partial charge in [-0.25, -0.2) is 0 Å². The van der Waals surface area contributed by atoms with Gasteiger partial charge in [0.1, 0.15) is 11.8 Å². The van der Waals surface area contributed by atoms with E-state index in [2.05, 4.69) is 10.6 Å². The Hall–Kier alpha value is -3.09. The Morgan fingerprint density at radius 2 is 2.07 bits per heavy atom. The van der Waals surface area contributed by atoms with Gasteiger partial charge in [0.25, 0.3) is 5.91 Å². The second kappa shape index (κ2) is 8.07. The summed E-state index contributed by atoms with van der Waals surface area (Å²) in [6, 6.07) is 8.22. The summed E-state index contributed by atoms with van der Waals surface area (Å²) >= 11 is 0. The number of likely N-dealkylation sites (tertiary alicyclic amines) is 1. The number of hydrogen-bond acceptors (Lipinski definition) is 4. The Bertz CT molecular complexity index is 845. The molecule has 3 rings (SSSR count). The maximum absolute atomic E-state index is 13.0. The molecule has 3 amide bonds. The van der Waals surface area contributed by atoms with Crippen LogP contribution in [0.25, 0.3) is 0 Å². The lowest BCUT2D eigenvalue weighted by atomic mass is 10.1. The lowest BCUT2D eigenvalue weighted by Gasteiger charge is -2.24. The molecule has 0 saturated carbocycles. The normalized spacial score (nSPS) is 16.2. The number of nitrogens with one attached hydrogen (secondary N) is 2. The first kappa shape index (κ1) is 18.7. The zero-order valence-corrected chi connectivity index (χ0v) is 15.5. The minimum absolute atomic E-state index is 0.188. The Balaban J connectivity index is 1.71. The van der Waals surface area contributed by atoms with E-state index in [1.807, 2.05) is 6.92 Å². The molecule has 2 heterocycles. The fourth-order valence-electron chi connectivity index (χ4n) is 3.23. The Morgan fingerprint density at radius 3 is 2.78 bits per heavy atom. The number of benzene rings is 1. The smallest absolute Gasteiger partial charge is 0.254 e. The van der Waals surface area contributed by atoms with Crippen LogP contribution in [0.1, 0.15) is 41.4 Å². The topological polar surface area (TPSA) is 91.7 Å². The Morgan fingerprint density at radius 1 is 1.26 bits per heavy atom. The highest BCUT2D eigenvalue weighted by Crippen LogP contribution is 2.23. The van der Waals surface area contributed by atoms with Crippen molar-refractivity contribution >= 4 is 23.4 Å². The fraction of sp³-hybridized carbons (Fsp3) is 0.350. The van der Waals surface area contributed by atoms with Crippen LogP contribution >= 0.6 is 0 Å². The van der Waals surface area contributed by atoms with Gasteiger partial charge in [-0.2, -0.15) is 0 Å². The van der Waals surface area contributed by atoms with Crippen LogP contribution in [0.15, 0.2) is 41.0 Å². The maximum Gasteiger partial charge on any atom is 0.254 e. The second-order valence-corrected chi connectivity index (χ2v) is 6.66. The van der Waals surface area contributed by atoms with Crippen LogP contribution in [-0.4, -0.2) is 35.2 Å². The average Bonchev–Trinajstić information content (AvgIpc) is 3.32. The van der Waals surface area contributed by atoms with Gasteiger partial charge in [0.15, 0.2) is 0 Å². The van der Waals surface area contributed by atoms with Crippen LogP contribution in [0.3, 0.4) is 0 Å². The van der Waals surface area contributed by atoms with Gasteiger partial charge in [-0.3, -0.25) is 14.4 Å². The molecule has 0 bridgehead atoms. The van der Waals surface area contributed by atoms with E-state index in [1.165, 1.54) is 6.92 Å². The van der Waals surface area contributed by atoms with Crippen LogP contribution < -0.4 is 10.6 Å².